The van der Waals surface area contributed by atoms with E-state index in [2.05, 4.69) is 4.84 Å². The Balaban J connectivity index is 2.95. The maximum Gasteiger partial charge on any atom is 0.193 e. The average molecular weight is 179 g/mol. The molecule has 0 bridgehead atoms. The number of Topliss-reactive ketones (excluding diaryl/α,β-unsaturated/α-hetero) is 1. The number of nitrogens with two attached hydrogens (primary N) is 1. The Morgan fingerprint density at radius 3 is 2.62 bits per heavy atom. The smallest absolute Gasteiger partial charge is 0.193 e. The zero-order chi connectivity index (χ0) is 9.84. The number of carbonyl (C=O) groups excluding carboxylic acids is 1. The summed E-state index contributed by atoms with van der Waals surface area (Å²) in [6.45, 7) is 3.52. The molecule has 0 aliphatic rings. The Hall–Kier alpha value is -1.19. The first-order valence-corrected chi connectivity index (χ1v) is 4.12. The van der Waals surface area contributed by atoms with E-state index in [9.17, 15) is 4.79 Å². The van der Waals surface area contributed by atoms with Gasteiger partial charge in [0.2, 0.25) is 0 Å². The van der Waals surface area contributed by atoms with Gasteiger partial charge in [-0.25, -0.2) is 5.90 Å². The second-order valence-electron chi connectivity index (χ2n) is 2.96. The van der Waals surface area contributed by atoms with Crippen molar-refractivity contribution in [3.8, 4) is 0 Å². The normalized spacial score (nSPS) is 12.5. The van der Waals surface area contributed by atoms with Gasteiger partial charge in [0.05, 0.1) is 0 Å². The molecule has 0 heterocycles. The summed E-state index contributed by atoms with van der Waals surface area (Å²) in [7, 11) is 0. The van der Waals surface area contributed by atoms with Crippen molar-refractivity contribution in [3.63, 3.8) is 0 Å². The van der Waals surface area contributed by atoms with Crippen LogP contribution < -0.4 is 5.90 Å². The van der Waals surface area contributed by atoms with Gasteiger partial charge >= 0.3 is 0 Å². The Labute approximate surface area is 77.5 Å². The van der Waals surface area contributed by atoms with Gasteiger partial charge in [-0.1, -0.05) is 24.3 Å². The van der Waals surface area contributed by atoms with E-state index < -0.39 is 6.10 Å². The molecule has 3 nitrogen and oxygen atoms in total. The molecule has 0 fully saturated rings. The van der Waals surface area contributed by atoms with Gasteiger partial charge in [0.15, 0.2) is 5.78 Å². The first kappa shape index (κ1) is 9.89. The molecule has 0 saturated carbocycles. The summed E-state index contributed by atoms with van der Waals surface area (Å²) in [5.74, 6) is 4.86. The van der Waals surface area contributed by atoms with E-state index in [-0.39, 0.29) is 5.78 Å². The highest BCUT2D eigenvalue weighted by Gasteiger charge is 2.15. The third kappa shape index (κ3) is 2.14. The van der Waals surface area contributed by atoms with Crippen LogP contribution >= 0.6 is 0 Å². The third-order valence-electron chi connectivity index (χ3n) is 1.98. The van der Waals surface area contributed by atoms with Crippen molar-refractivity contribution in [2.45, 2.75) is 20.0 Å². The summed E-state index contributed by atoms with van der Waals surface area (Å²) in [4.78, 5) is 16.1. The second kappa shape index (κ2) is 4.16. The topological polar surface area (TPSA) is 52.3 Å². The molecule has 1 rings (SSSR count). The highest BCUT2D eigenvalue weighted by atomic mass is 16.6. The Morgan fingerprint density at radius 1 is 1.46 bits per heavy atom. The van der Waals surface area contributed by atoms with Crippen LogP contribution in [-0.2, 0) is 4.84 Å². The molecule has 13 heavy (non-hydrogen) atoms. The van der Waals surface area contributed by atoms with Crippen molar-refractivity contribution in [2.75, 3.05) is 0 Å². The van der Waals surface area contributed by atoms with Gasteiger partial charge < -0.3 is 0 Å². The lowest BCUT2D eigenvalue weighted by molar-refractivity contribution is 0.0477. The summed E-state index contributed by atoms with van der Waals surface area (Å²) in [6, 6.07) is 7.37. The standard InChI is InChI=1S/C10H13NO2/c1-7-5-3-4-6-9(7)10(12)8(2)13-11/h3-6,8H,11H2,1-2H3. The van der Waals surface area contributed by atoms with Crippen LogP contribution in [0.1, 0.15) is 22.8 Å². The fourth-order valence-electron chi connectivity index (χ4n) is 1.13. The van der Waals surface area contributed by atoms with Crippen LogP contribution in [0.25, 0.3) is 0 Å². The summed E-state index contributed by atoms with van der Waals surface area (Å²) < 4.78 is 0. The Kier molecular flexibility index (Phi) is 3.17. The largest absolute Gasteiger partial charge is 0.293 e. The SMILES string of the molecule is Cc1ccccc1C(=O)C(C)ON. The molecular weight excluding hydrogens is 166 g/mol. The van der Waals surface area contributed by atoms with Crippen LogP contribution in [0.2, 0.25) is 0 Å². The molecule has 2 N–H and O–H groups in total. The van der Waals surface area contributed by atoms with Crippen molar-refractivity contribution < 1.29 is 9.63 Å². The Bertz CT molecular complexity index is 310. The van der Waals surface area contributed by atoms with Crippen LogP contribution in [0.3, 0.4) is 0 Å². The molecule has 0 amide bonds. The van der Waals surface area contributed by atoms with Crippen molar-refractivity contribution in [1.82, 2.24) is 0 Å². The minimum Gasteiger partial charge on any atom is -0.293 e. The van der Waals surface area contributed by atoms with E-state index in [0.29, 0.717) is 5.56 Å². The molecule has 0 saturated heterocycles. The molecular formula is C10H13NO2. The molecule has 0 aliphatic carbocycles. The van der Waals surface area contributed by atoms with Crippen LogP contribution in [0.5, 0.6) is 0 Å². The van der Waals surface area contributed by atoms with Gasteiger partial charge in [0.1, 0.15) is 6.10 Å². The fourth-order valence-corrected chi connectivity index (χ4v) is 1.13. The lowest BCUT2D eigenvalue weighted by atomic mass is 10.0. The molecule has 1 aromatic rings. The number of rotatable bonds is 3. The van der Waals surface area contributed by atoms with E-state index in [1.807, 2.05) is 25.1 Å². The lowest BCUT2D eigenvalue weighted by Crippen LogP contribution is -2.24. The Morgan fingerprint density at radius 2 is 2.08 bits per heavy atom. The zero-order valence-corrected chi connectivity index (χ0v) is 7.78. The summed E-state index contributed by atoms with van der Waals surface area (Å²) in [6.07, 6.45) is -0.582. The minimum absolute atomic E-state index is 0.0828. The second-order valence-corrected chi connectivity index (χ2v) is 2.96. The van der Waals surface area contributed by atoms with Gasteiger partial charge in [0, 0.05) is 5.56 Å². The molecule has 3 heteroatoms. The average Bonchev–Trinajstić information content (AvgIpc) is 2.16. The van der Waals surface area contributed by atoms with Crippen LogP contribution in [0.15, 0.2) is 24.3 Å². The summed E-state index contributed by atoms with van der Waals surface area (Å²) in [5, 5.41) is 0. The van der Waals surface area contributed by atoms with Gasteiger partial charge in [-0.3, -0.25) is 9.63 Å². The monoisotopic (exact) mass is 179 g/mol. The lowest BCUT2D eigenvalue weighted by Gasteiger charge is -2.09. The third-order valence-corrected chi connectivity index (χ3v) is 1.98. The van der Waals surface area contributed by atoms with Crippen molar-refractivity contribution in [3.05, 3.63) is 35.4 Å². The van der Waals surface area contributed by atoms with Gasteiger partial charge in [-0.2, -0.15) is 0 Å². The van der Waals surface area contributed by atoms with Crippen molar-refractivity contribution in [2.24, 2.45) is 5.90 Å². The minimum atomic E-state index is -0.582. The molecule has 1 atom stereocenters. The highest BCUT2D eigenvalue weighted by molar-refractivity contribution is 6.00. The quantitative estimate of drug-likeness (QED) is 0.564. The zero-order valence-electron chi connectivity index (χ0n) is 7.78. The van der Waals surface area contributed by atoms with Crippen molar-refractivity contribution in [1.29, 1.82) is 0 Å². The number of aryl methyl sites for hydroxylation is 1. The maximum atomic E-state index is 11.6. The summed E-state index contributed by atoms with van der Waals surface area (Å²) in [5.41, 5.74) is 1.61. The highest BCUT2D eigenvalue weighted by Crippen LogP contribution is 2.10. The number of carbonyl (C=O) groups is 1. The molecule has 0 aromatic heterocycles. The van der Waals surface area contributed by atoms with Crippen LogP contribution in [0, 0.1) is 6.92 Å². The van der Waals surface area contributed by atoms with Gasteiger partial charge in [-0.15, -0.1) is 0 Å². The molecule has 1 aromatic carbocycles. The van der Waals surface area contributed by atoms with Gasteiger partial charge in [-0.05, 0) is 19.4 Å². The molecule has 70 valence electrons. The number of ketones is 1. The number of hydrogen-bond acceptors (Lipinski definition) is 3. The first-order chi connectivity index (χ1) is 6.16. The van der Waals surface area contributed by atoms with Crippen LogP contribution in [-0.4, -0.2) is 11.9 Å². The molecule has 0 radical (unpaired) electrons. The van der Waals surface area contributed by atoms with Gasteiger partial charge in [0.25, 0.3) is 0 Å². The number of benzene rings is 1. The molecule has 0 aliphatic heterocycles. The predicted octanol–water partition coefficient (Wildman–Crippen LogP) is 1.46. The van der Waals surface area contributed by atoms with E-state index >= 15 is 0 Å². The summed E-state index contributed by atoms with van der Waals surface area (Å²) >= 11 is 0. The van der Waals surface area contributed by atoms with E-state index in [0.717, 1.165) is 5.56 Å². The van der Waals surface area contributed by atoms with E-state index in [1.54, 1.807) is 13.0 Å². The maximum absolute atomic E-state index is 11.6. The first-order valence-electron chi connectivity index (χ1n) is 4.12. The van der Waals surface area contributed by atoms with Crippen LogP contribution in [0.4, 0.5) is 0 Å². The molecule has 1 unspecified atom stereocenters. The van der Waals surface area contributed by atoms with E-state index in [4.69, 9.17) is 5.90 Å². The van der Waals surface area contributed by atoms with Crippen molar-refractivity contribution >= 4 is 5.78 Å². The predicted molar refractivity (Wildman–Crippen MR) is 50.2 cm³/mol. The fraction of sp³-hybridized carbons (Fsp3) is 0.300. The van der Waals surface area contributed by atoms with E-state index in [1.165, 1.54) is 0 Å². The molecule has 0 spiro atoms. The number of hydrogen-bond donors (Lipinski definition) is 1.